The number of carbonyl (C=O) groups is 1. The van der Waals surface area contributed by atoms with Gasteiger partial charge >= 0.3 is 0 Å². The molecule has 1 aromatic rings. The van der Waals surface area contributed by atoms with E-state index in [1.165, 1.54) is 12.8 Å². The first kappa shape index (κ1) is 16.3. The van der Waals surface area contributed by atoms with Crippen molar-refractivity contribution in [2.24, 2.45) is 0 Å². The van der Waals surface area contributed by atoms with E-state index in [-0.39, 0.29) is 5.91 Å². The van der Waals surface area contributed by atoms with E-state index in [2.05, 4.69) is 26.6 Å². The molecule has 116 valence electrons. The molecule has 4 nitrogen and oxygen atoms in total. The fourth-order valence-electron chi connectivity index (χ4n) is 1.99. The van der Waals surface area contributed by atoms with Gasteiger partial charge in [0, 0.05) is 24.7 Å². The molecule has 1 aliphatic carbocycles. The molecule has 0 radical (unpaired) electrons. The van der Waals surface area contributed by atoms with Crippen LogP contribution in [0.15, 0.2) is 22.7 Å². The van der Waals surface area contributed by atoms with Crippen molar-refractivity contribution in [1.82, 2.24) is 10.6 Å². The Hall–Kier alpha value is -1.07. The van der Waals surface area contributed by atoms with Crippen LogP contribution in [0.4, 0.5) is 0 Å². The second-order valence-electron chi connectivity index (χ2n) is 5.43. The van der Waals surface area contributed by atoms with Crippen LogP contribution in [-0.2, 0) is 11.3 Å². The molecule has 0 bridgehead atoms. The van der Waals surface area contributed by atoms with E-state index in [1.807, 2.05) is 25.1 Å². The van der Waals surface area contributed by atoms with Gasteiger partial charge in [0.1, 0.15) is 5.75 Å². The summed E-state index contributed by atoms with van der Waals surface area (Å²) in [7, 11) is 0. The third-order valence-corrected chi connectivity index (χ3v) is 4.04. The Labute approximate surface area is 134 Å². The number of hydrogen-bond acceptors (Lipinski definition) is 3. The molecule has 21 heavy (non-hydrogen) atoms. The van der Waals surface area contributed by atoms with Crippen LogP contribution in [0, 0.1) is 0 Å². The highest BCUT2D eigenvalue weighted by atomic mass is 79.9. The normalized spacial score (nSPS) is 15.6. The highest BCUT2D eigenvalue weighted by Crippen LogP contribution is 2.31. The van der Waals surface area contributed by atoms with Gasteiger partial charge < -0.3 is 15.4 Å². The van der Waals surface area contributed by atoms with E-state index >= 15 is 0 Å². The third kappa shape index (κ3) is 5.00. The largest absolute Gasteiger partial charge is 0.479 e. The van der Waals surface area contributed by atoms with E-state index in [1.54, 1.807) is 6.92 Å². The molecule has 1 aliphatic rings. The standard InChI is InChI=1S/C16H23BrN2O2/c1-3-9-18-16(20)11(2)21-15-12(5-4-6-14(15)17)10-19-13-7-8-13/h4-6,11,13,19H,3,7-10H2,1-2H3,(H,18,20). The Morgan fingerprint density at radius 2 is 2.24 bits per heavy atom. The van der Waals surface area contributed by atoms with Gasteiger partial charge in [0.05, 0.1) is 4.47 Å². The molecule has 1 atom stereocenters. The minimum Gasteiger partial charge on any atom is -0.479 e. The topological polar surface area (TPSA) is 50.4 Å². The molecule has 0 heterocycles. The maximum Gasteiger partial charge on any atom is 0.260 e. The van der Waals surface area contributed by atoms with Gasteiger partial charge in [-0.25, -0.2) is 0 Å². The van der Waals surface area contributed by atoms with Crippen molar-refractivity contribution < 1.29 is 9.53 Å². The van der Waals surface area contributed by atoms with Crippen molar-refractivity contribution >= 4 is 21.8 Å². The molecule has 2 N–H and O–H groups in total. The van der Waals surface area contributed by atoms with E-state index in [0.29, 0.717) is 12.6 Å². The second kappa shape index (κ2) is 7.80. The zero-order chi connectivity index (χ0) is 15.2. The Bertz CT molecular complexity index is 489. The first-order valence-electron chi connectivity index (χ1n) is 7.57. The van der Waals surface area contributed by atoms with Crippen LogP contribution < -0.4 is 15.4 Å². The van der Waals surface area contributed by atoms with Crippen LogP contribution in [0.3, 0.4) is 0 Å². The summed E-state index contributed by atoms with van der Waals surface area (Å²) in [4.78, 5) is 11.9. The predicted octanol–water partition coefficient (Wildman–Crippen LogP) is 2.99. The first-order valence-corrected chi connectivity index (χ1v) is 8.36. The molecular formula is C16H23BrN2O2. The van der Waals surface area contributed by atoms with E-state index in [4.69, 9.17) is 4.74 Å². The number of halogens is 1. The van der Waals surface area contributed by atoms with Gasteiger partial charge in [-0.05, 0) is 48.2 Å². The average Bonchev–Trinajstić information content (AvgIpc) is 3.29. The number of benzene rings is 1. The number of para-hydroxylation sites is 1. The quantitative estimate of drug-likeness (QED) is 0.754. The molecular weight excluding hydrogens is 332 g/mol. The first-order chi connectivity index (χ1) is 10.1. The van der Waals surface area contributed by atoms with E-state index < -0.39 is 6.10 Å². The van der Waals surface area contributed by atoms with Gasteiger partial charge in [0.15, 0.2) is 6.10 Å². The zero-order valence-corrected chi connectivity index (χ0v) is 14.2. The predicted molar refractivity (Wildman–Crippen MR) is 87.4 cm³/mol. The van der Waals surface area contributed by atoms with Crippen LogP contribution in [0.2, 0.25) is 0 Å². The molecule has 0 aliphatic heterocycles. The highest BCUT2D eigenvalue weighted by molar-refractivity contribution is 9.10. The molecule has 5 heteroatoms. The number of nitrogens with one attached hydrogen (secondary N) is 2. The number of hydrogen-bond donors (Lipinski definition) is 2. The maximum atomic E-state index is 11.9. The van der Waals surface area contributed by atoms with Crippen LogP contribution in [-0.4, -0.2) is 24.6 Å². The smallest absolute Gasteiger partial charge is 0.260 e. The number of ether oxygens (including phenoxy) is 1. The van der Waals surface area contributed by atoms with Gasteiger partial charge in [0.2, 0.25) is 0 Å². The summed E-state index contributed by atoms with van der Waals surface area (Å²) in [5.41, 5.74) is 1.08. The monoisotopic (exact) mass is 354 g/mol. The lowest BCUT2D eigenvalue weighted by Gasteiger charge is -2.18. The van der Waals surface area contributed by atoms with Crippen LogP contribution >= 0.6 is 15.9 Å². The van der Waals surface area contributed by atoms with Gasteiger partial charge in [-0.2, -0.15) is 0 Å². The van der Waals surface area contributed by atoms with Crippen molar-refractivity contribution in [3.63, 3.8) is 0 Å². The second-order valence-corrected chi connectivity index (χ2v) is 6.29. The van der Waals surface area contributed by atoms with Crippen LogP contribution in [0.25, 0.3) is 0 Å². The Kier molecular flexibility index (Phi) is 6.06. The summed E-state index contributed by atoms with van der Waals surface area (Å²) in [6.07, 6.45) is 2.92. The molecule has 0 saturated heterocycles. The summed E-state index contributed by atoms with van der Waals surface area (Å²) in [6, 6.07) is 6.60. The third-order valence-electron chi connectivity index (χ3n) is 3.42. The van der Waals surface area contributed by atoms with Gasteiger partial charge in [-0.3, -0.25) is 4.79 Å². The molecule has 0 aromatic heterocycles. The van der Waals surface area contributed by atoms with Gasteiger partial charge in [-0.1, -0.05) is 19.1 Å². The van der Waals surface area contributed by atoms with Crippen molar-refractivity contribution in [3.8, 4) is 5.75 Å². The summed E-state index contributed by atoms with van der Waals surface area (Å²) in [6.45, 7) is 5.26. The van der Waals surface area contributed by atoms with Crippen molar-refractivity contribution in [2.45, 2.75) is 51.8 Å². The van der Waals surface area contributed by atoms with E-state index in [9.17, 15) is 4.79 Å². The highest BCUT2D eigenvalue weighted by Gasteiger charge is 2.22. The number of carbonyl (C=O) groups excluding carboxylic acids is 1. The summed E-state index contributed by atoms with van der Waals surface area (Å²) >= 11 is 3.52. The van der Waals surface area contributed by atoms with Crippen LogP contribution in [0.5, 0.6) is 5.75 Å². The summed E-state index contributed by atoms with van der Waals surface area (Å²) in [5.74, 6) is 0.679. The Morgan fingerprint density at radius 1 is 1.48 bits per heavy atom. The lowest BCUT2D eigenvalue weighted by atomic mass is 10.2. The molecule has 1 fully saturated rings. The van der Waals surface area contributed by atoms with Crippen molar-refractivity contribution in [2.75, 3.05) is 6.54 Å². The fourth-order valence-corrected chi connectivity index (χ4v) is 2.49. The van der Waals surface area contributed by atoms with E-state index in [0.717, 1.165) is 28.8 Å². The minimum atomic E-state index is -0.505. The number of rotatable bonds is 8. The molecule has 1 aromatic carbocycles. The molecule has 1 amide bonds. The Balaban J connectivity index is 2.00. The fraction of sp³-hybridized carbons (Fsp3) is 0.562. The molecule has 2 rings (SSSR count). The van der Waals surface area contributed by atoms with Gasteiger partial charge in [0.25, 0.3) is 5.91 Å². The molecule has 0 spiro atoms. The molecule has 1 unspecified atom stereocenters. The summed E-state index contributed by atoms with van der Waals surface area (Å²) < 4.78 is 6.77. The molecule has 1 saturated carbocycles. The maximum absolute atomic E-state index is 11.9. The zero-order valence-electron chi connectivity index (χ0n) is 12.6. The van der Waals surface area contributed by atoms with Crippen molar-refractivity contribution in [3.05, 3.63) is 28.2 Å². The Morgan fingerprint density at radius 3 is 2.90 bits per heavy atom. The minimum absolute atomic E-state index is 0.0753. The lowest BCUT2D eigenvalue weighted by molar-refractivity contribution is -0.127. The lowest BCUT2D eigenvalue weighted by Crippen LogP contribution is -2.37. The van der Waals surface area contributed by atoms with Crippen LogP contribution in [0.1, 0.15) is 38.7 Å². The van der Waals surface area contributed by atoms with Crippen molar-refractivity contribution in [1.29, 1.82) is 0 Å². The SMILES string of the molecule is CCCNC(=O)C(C)Oc1c(Br)cccc1CNC1CC1. The van der Waals surface area contributed by atoms with Gasteiger partial charge in [-0.15, -0.1) is 0 Å². The average molecular weight is 355 g/mol. The number of amides is 1. The summed E-state index contributed by atoms with van der Waals surface area (Å²) in [5, 5.41) is 6.33.